The normalized spacial score (nSPS) is 15.4. The van der Waals surface area contributed by atoms with Crippen molar-refractivity contribution in [3.8, 4) is 11.4 Å². The highest BCUT2D eigenvalue weighted by molar-refractivity contribution is 6.00. The maximum atomic E-state index is 12.6. The van der Waals surface area contributed by atoms with Gasteiger partial charge < -0.3 is 5.32 Å². The molecule has 1 amide bonds. The molecule has 122 valence electrons. The van der Waals surface area contributed by atoms with Gasteiger partial charge >= 0.3 is 0 Å². The Morgan fingerprint density at radius 3 is 2.88 bits per heavy atom. The number of carbonyl (C=O) groups excluding carboxylic acids is 1. The van der Waals surface area contributed by atoms with Gasteiger partial charge in [-0.1, -0.05) is 6.07 Å². The van der Waals surface area contributed by atoms with Crippen molar-refractivity contribution in [2.45, 2.75) is 32.7 Å². The van der Waals surface area contributed by atoms with Gasteiger partial charge in [-0.05, 0) is 50.8 Å². The molecule has 1 aliphatic carbocycles. The molecule has 6 nitrogen and oxygen atoms in total. The number of pyridine rings is 1. The van der Waals surface area contributed by atoms with E-state index in [1.807, 2.05) is 31.2 Å². The summed E-state index contributed by atoms with van der Waals surface area (Å²) in [5, 5.41) is 7.38. The van der Waals surface area contributed by atoms with E-state index in [4.69, 9.17) is 0 Å². The first-order valence-corrected chi connectivity index (χ1v) is 8.21. The average Bonchev–Trinajstić information content (AvgIpc) is 3.35. The van der Waals surface area contributed by atoms with E-state index in [-0.39, 0.29) is 11.9 Å². The van der Waals surface area contributed by atoms with Gasteiger partial charge in [0.15, 0.2) is 5.65 Å². The second-order valence-electron chi connectivity index (χ2n) is 6.39. The van der Waals surface area contributed by atoms with Crippen molar-refractivity contribution in [3.63, 3.8) is 0 Å². The maximum absolute atomic E-state index is 12.6. The molecule has 0 spiro atoms. The van der Waals surface area contributed by atoms with E-state index in [2.05, 4.69) is 27.3 Å². The lowest BCUT2D eigenvalue weighted by Gasteiger charge is -2.12. The second kappa shape index (κ2) is 5.70. The molecule has 1 saturated carbocycles. The summed E-state index contributed by atoms with van der Waals surface area (Å²) in [6.07, 6.45) is 5.71. The van der Waals surface area contributed by atoms with Crippen LogP contribution in [0.3, 0.4) is 0 Å². The summed E-state index contributed by atoms with van der Waals surface area (Å²) in [5.41, 5.74) is 3.50. The Balaban J connectivity index is 1.74. The van der Waals surface area contributed by atoms with Crippen LogP contribution in [0.15, 0.2) is 36.7 Å². The van der Waals surface area contributed by atoms with Gasteiger partial charge in [-0.15, -0.1) is 0 Å². The lowest BCUT2D eigenvalue weighted by molar-refractivity contribution is 0.0937. The predicted molar refractivity (Wildman–Crippen MR) is 90.6 cm³/mol. The number of rotatable bonds is 4. The van der Waals surface area contributed by atoms with E-state index in [0.29, 0.717) is 17.1 Å². The fourth-order valence-electron chi connectivity index (χ4n) is 2.92. The monoisotopic (exact) mass is 321 g/mol. The van der Waals surface area contributed by atoms with Crippen molar-refractivity contribution in [1.82, 2.24) is 24.9 Å². The number of nitrogens with one attached hydrogen (secondary N) is 1. The van der Waals surface area contributed by atoms with Gasteiger partial charge in [-0.25, -0.2) is 9.50 Å². The van der Waals surface area contributed by atoms with Crippen molar-refractivity contribution < 1.29 is 4.79 Å². The van der Waals surface area contributed by atoms with Crippen molar-refractivity contribution in [2.75, 3.05) is 0 Å². The fraction of sp³-hybridized carbons (Fsp3) is 0.333. The van der Waals surface area contributed by atoms with Crippen LogP contribution < -0.4 is 5.32 Å². The first-order valence-electron chi connectivity index (χ1n) is 8.21. The van der Waals surface area contributed by atoms with Crippen molar-refractivity contribution in [1.29, 1.82) is 0 Å². The summed E-state index contributed by atoms with van der Waals surface area (Å²) in [6, 6.07) is 7.81. The number of hydrogen-bond acceptors (Lipinski definition) is 4. The Morgan fingerprint density at radius 1 is 1.33 bits per heavy atom. The molecule has 6 heteroatoms. The highest BCUT2D eigenvalue weighted by Crippen LogP contribution is 2.32. The number of aryl methyl sites for hydroxylation is 1. The predicted octanol–water partition coefficient (Wildman–Crippen LogP) is 2.63. The van der Waals surface area contributed by atoms with Gasteiger partial charge in [-0.2, -0.15) is 5.10 Å². The highest BCUT2D eigenvalue weighted by atomic mass is 16.1. The lowest BCUT2D eigenvalue weighted by atomic mass is 10.2. The van der Waals surface area contributed by atoms with Crippen LogP contribution in [0.25, 0.3) is 17.0 Å². The van der Waals surface area contributed by atoms with Gasteiger partial charge in [-0.3, -0.25) is 9.78 Å². The molecule has 1 aliphatic rings. The third-order valence-electron chi connectivity index (χ3n) is 4.51. The molecule has 0 bridgehead atoms. The molecule has 3 aromatic rings. The number of hydrogen-bond donors (Lipinski definition) is 1. The Bertz CT molecular complexity index is 898. The first-order chi connectivity index (χ1) is 11.6. The molecule has 1 unspecified atom stereocenters. The summed E-state index contributed by atoms with van der Waals surface area (Å²) >= 11 is 0. The van der Waals surface area contributed by atoms with Crippen LogP contribution in [0.2, 0.25) is 0 Å². The minimum atomic E-state index is -0.116. The van der Waals surface area contributed by atoms with Gasteiger partial charge in [0.2, 0.25) is 0 Å². The number of nitrogens with zero attached hydrogens (tertiary/aromatic N) is 4. The maximum Gasteiger partial charge on any atom is 0.256 e. The molecule has 24 heavy (non-hydrogen) atoms. The Kier molecular flexibility index (Phi) is 3.52. The molecule has 0 aromatic carbocycles. The van der Waals surface area contributed by atoms with Gasteiger partial charge in [0.1, 0.15) is 5.56 Å². The lowest BCUT2D eigenvalue weighted by Crippen LogP contribution is -2.34. The molecule has 1 fully saturated rings. The summed E-state index contributed by atoms with van der Waals surface area (Å²) < 4.78 is 1.70. The standard InChI is InChI=1S/C18H19N5O/c1-11-9-16(15-5-3-4-8-19-15)22-17-14(10-20-23(11)17)18(24)21-12(2)13-6-7-13/h3-5,8-10,12-13H,6-7H2,1-2H3,(H,21,24). The van der Waals surface area contributed by atoms with Crippen molar-refractivity contribution in [3.05, 3.63) is 47.9 Å². The molecule has 0 saturated heterocycles. The third kappa shape index (κ3) is 2.64. The molecule has 4 rings (SSSR count). The highest BCUT2D eigenvalue weighted by Gasteiger charge is 2.29. The zero-order chi connectivity index (χ0) is 16.7. The third-order valence-corrected chi connectivity index (χ3v) is 4.51. The van der Waals surface area contributed by atoms with Crippen molar-refractivity contribution >= 4 is 11.6 Å². The van der Waals surface area contributed by atoms with Crippen LogP contribution in [0.1, 0.15) is 35.8 Å². The minimum absolute atomic E-state index is 0.116. The van der Waals surface area contributed by atoms with E-state index in [9.17, 15) is 4.79 Å². The molecule has 3 aromatic heterocycles. The van der Waals surface area contributed by atoms with E-state index in [1.54, 1.807) is 16.9 Å². The number of fused-ring (bicyclic) bond motifs is 1. The molecular formula is C18H19N5O. The van der Waals surface area contributed by atoms with Crippen LogP contribution >= 0.6 is 0 Å². The van der Waals surface area contributed by atoms with Crippen LogP contribution in [0.5, 0.6) is 0 Å². The Morgan fingerprint density at radius 2 is 2.17 bits per heavy atom. The molecule has 1 atom stereocenters. The number of aromatic nitrogens is 4. The topological polar surface area (TPSA) is 72.2 Å². The Labute approximate surface area is 139 Å². The SMILES string of the molecule is Cc1cc(-c2ccccn2)nc2c(C(=O)NC(C)C3CC3)cnn12. The van der Waals surface area contributed by atoms with Gasteiger partial charge in [0.05, 0.1) is 17.6 Å². The summed E-state index contributed by atoms with van der Waals surface area (Å²) in [6.45, 7) is 4.00. The minimum Gasteiger partial charge on any atom is -0.349 e. The first kappa shape index (κ1) is 14.8. The van der Waals surface area contributed by atoms with Crippen LogP contribution in [0, 0.1) is 12.8 Å². The quantitative estimate of drug-likeness (QED) is 0.802. The van der Waals surface area contributed by atoms with Crippen LogP contribution in [-0.4, -0.2) is 31.5 Å². The number of carbonyl (C=O) groups is 1. The smallest absolute Gasteiger partial charge is 0.256 e. The Hall–Kier alpha value is -2.76. The summed E-state index contributed by atoms with van der Waals surface area (Å²) in [7, 11) is 0. The molecule has 0 radical (unpaired) electrons. The fourth-order valence-corrected chi connectivity index (χ4v) is 2.92. The molecule has 3 heterocycles. The average molecular weight is 321 g/mol. The van der Waals surface area contributed by atoms with E-state index >= 15 is 0 Å². The molecule has 1 N–H and O–H groups in total. The molecular weight excluding hydrogens is 302 g/mol. The summed E-state index contributed by atoms with van der Waals surface area (Å²) in [5.74, 6) is 0.490. The second-order valence-corrected chi connectivity index (χ2v) is 6.39. The zero-order valence-corrected chi connectivity index (χ0v) is 13.7. The largest absolute Gasteiger partial charge is 0.349 e. The van der Waals surface area contributed by atoms with Crippen LogP contribution in [0.4, 0.5) is 0 Å². The van der Waals surface area contributed by atoms with Gasteiger partial charge in [0.25, 0.3) is 5.91 Å². The van der Waals surface area contributed by atoms with Crippen LogP contribution in [-0.2, 0) is 0 Å². The van der Waals surface area contributed by atoms with Crippen molar-refractivity contribution in [2.24, 2.45) is 5.92 Å². The van der Waals surface area contributed by atoms with E-state index in [0.717, 1.165) is 17.1 Å². The van der Waals surface area contributed by atoms with Gasteiger partial charge in [0, 0.05) is 17.9 Å². The summed E-state index contributed by atoms with van der Waals surface area (Å²) in [4.78, 5) is 21.6. The van der Waals surface area contributed by atoms with E-state index < -0.39 is 0 Å². The number of amides is 1. The zero-order valence-electron chi connectivity index (χ0n) is 13.7. The molecule has 0 aliphatic heterocycles. The van der Waals surface area contributed by atoms with E-state index in [1.165, 1.54) is 12.8 Å².